The third-order valence-electron chi connectivity index (χ3n) is 4.22. The van der Waals surface area contributed by atoms with E-state index in [0.29, 0.717) is 5.56 Å². The third kappa shape index (κ3) is 4.37. The van der Waals surface area contributed by atoms with Gasteiger partial charge in [-0.25, -0.2) is 4.68 Å². The maximum Gasteiger partial charge on any atom is 0.274 e. The van der Waals surface area contributed by atoms with Gasteiger partial charge in [-0.15, -0.1) is 0 Å². The van der Waals surface area contributed by atoms with E-state index in [1.807, 2.05) is 38.1 Å². The van der Waals surface area contributed by atoms with Gasteiger partial charge < -0.3 is 0 Å². The number of hydrogen-bond acceptors (Lipinski definition) is 2. The first-order chi connectivity index (χ1) is 12.4. The minimum atomic E-state index is -0.106. The molecule has 1 aromatic carbocycles. The largest absolute Gasteiger partial charge is 0.274 e. The average molecular weight is 346 g/mol. The van der Waals surface area contributed by atoms with Gasteiger partial charge in [0.2, 0.25) is 0 Å². The summed E-state index contributed by atoms with van der Waals surface area (Å²) in [5, 5.41) is 4.40. The Bertz CT molecular complexity index is 972. The van der Waals surface area contributed by atoms with Crippen molar-refractivity contribution in [1.82, 2.24) is 9.78 Å². The van der Waals surface area contributed by atoms with Gasteiger partial charge in [-0.1, -0.05) is 60.7 Å². The number of nitrogens with zero attached hydrogens (tertiary/aromatic N) is 2. The first kappa shape index (κ1) is 19.4. The normalized spacial score (nSPS) is 12.7. The molecule has 3 nitrogen and oxygen atoms in total. The van der Waals surface area contributed by atoms with Crippen molar-refractivity contribution in [2.45, 2.75) is 27.7 Å². The molecule has 0 N–H and O–H groups in total. The smallest absolute Gasteiger partial charge is 0.267 e. The molecule has 0 unspecified atom stereocenters. The molecule has 0 aliphatic rings. The summed E-state index contributed by atoms with van der Waals surface area (Å²) in [6, 6.07) is 8.17. The van der Waals surface area contributed by atoms with Gasteiger partial charge in [0.15, 0.2) is 0 Å². The van der Waals surface area contributed by atoms with Gasteiger partial charge in [-0.3, -0.25) is 4.79 Å². The van der Waals surface area contributed by atoms with Crippen LogP contribution in [-0.2, 0) is 7.05 Å². The molecule has 134 valence electrons. The van der Waals surface area contributed by atoms with Gasteiger partial charge in [0.1, 0.15) is 0 Å². The lowest BCUT2D eigenvalue weighted by atomic mass is 10.00. The predicted octanol–water partition coefficient (Wildman–Crippen LogP) is 5.10. The second-order valence-corrected chi connectivity index (χ2v) is 6.42. The highest BCUT2D eigenvalue weighted by atomic mass is 16.1. The van der Waals surface area contributed by atoms with E-state index in [2.05, 4.69) is 49.8 Å². The van der Waals surface area contributed by atoms with E-state index < -0.39 is 0 Å². The molecule has 0 spiro atoms. The molecule has 3 heteroatoms. The van der Waals surface area contributed by atoms with E-state index in [4.69, 9.17) is 0 Å². The molecule has 2 rings (SSSR count). The molecule has 0 bridgehead atoms. The first-order valence-corrected chi connectivity index (χ1v) is 8.67. The molecule has 0 aliphatic heterocycles. The van der Waals surface area contributed by atoms with Crippen LogP contribution in [0, 0.1) is 13.8 Å². The predicted molar refractivity (Wildman–Crippen MR) is 112 cm³/mol. The fourth-order valence-electron chi connectivity index (χ4n) is 2.86. The molecule has 0 fully saturated rings. The topological polar surface area (TPSA) is 34.9 Å². The number of allylic oxidation sites excluding steroid dienone is 6. The van der Waals surface area contributed by atoms with Crippen LogP contribution in [0.2, 0.25) is 0 Å². The van der Waals surface area contributed by atoms with Crippen LogP contribution < -0.4 is 5.56 Å². The van der Waals surface area contributed by atoms with Crippen LogP contribution in [-0.4, -0.2) is 9.78 Å². The second-order valence-electron chi connectivity index (χ2n) is 6.42. The van der Waals surface area contributed by atoms with Gasteiger partial charge in [-0.05, 0) is 50.5 Å². The lowest BCUT2D eigenvalue weighted by molar-refractivity contribution is 0.699. The lowest BCUT2D eigenvalue weighted by Gasteiger charge is -2.10. The van der Waals surface area contributed by atoms with Crippen LogP contribution in [0.15, 0.2) is 59.9 Å². The van der Waals surface area contributed by atoms with Crippen LogP contribution in [0.1, 0.15) is 41.8 Å². The van der Waals surface area contributed by atoms with Crippen LogP contribution in [0.4, 0.5) is 0 Å². The summed E-state index contributed by atoms with van der Waals surface area (Å²) in [7, 11) is 1.68. The van der Waals surface area contributed by atoms with Gasteiger partial charge >= 0.3 is 0 Å². The van der Waals surface area contributed by atoms with Crippen molar-refractivity contribution in [2.75, 3.05) is 0 Å². The zero-order valence-electron chi connectivity index (χ0n) is 16.2. The summed E-state index contributed by atoms with van der Waals surface area (Å²) in [5.41, 5.74) is 6.65. The standard InChI is InChI=1S/C23H26N2O/c1-7-9-19(10-8-2)22-15-21(23(26)25(6)24-22)18(5)14-20-12-11-16(3)13-17(20)4/h7-15H,1H2,2-6H3/b10-8-,18-14+,19-9+. The quantitative estimate of drug-likeness (QED) is 0.706. The van der Waals surface area contributed by atoms with E-state index in [-0.39, 0.29) is 5.56 Å². The Balaban J connectivity index is 2.61. The molecule has 0 saturated heterocycles. The zero-order valence-corrected chi connectivity index (χ0v) is 16.2. The summed E-state index contributed by atoms with van der Waals surface area (Å²) in [6.07, 6.45) is 9.57. The summed E-state index contributed by atoms with van der Waals surface area (Å²) in [6.45, 7) is 11.8. The number of hydrogen-bond donors (Lipinski definition) is 0. The van der Waals surface area contributed by atoms with Crippen LogP contribution in [0.3, 0.4) is 0 Å². The number of rotatable bonds is 5. The van der Waals surface area contributed by atoms with Crippen molar-refractivity contribution in [3.8, 4) is 0 Å². The highest BCUT2D eigenvalue weighted by molar-refractivity contribution is 5.82. The Morgan fingerprint density at radius 1 is 1.23 bits per heavy atom. The minimum Gasteiger partial charge on any atom is -0.267 e. The molecule has 0 saturated carbocycles. The van der Waals surface area contributed by atoms with Crippen molar-refractivity contribution >= 4 is 17.2 Å². The summed E-state index contributed by atoms with van der Waals surface area (Å²) in [5.74, 6) is 0. The molecule has 0 aliphatic carbocycles. The molecule has 0 radical (unpaired) electrons. The Hall–Kier alpha value is -2.94. The highest BCUT2D eigenvalue weighted by Gasteiger charge is 2.10. The molecule has 0 amide bonds. The van der Waals surface area contributed by atoms with Crippen molar-refractivity contribution in [2.24, 2.45) is 7.05 Å². The summed E-state index contributed by atoms with van der Waals surface area (Å²) < 4.78 is 1.39. The van der Waals surface area contributed by atoms with Crippen LogP contribution >= 0.6 is 0 Å². The average Bonchev–Trinajstić information content (AvgIpc) is 2.59. The Kier molecular flexibility index (Phi) is 6.29. The molecule has 2 aromatic rings. The van der Waals surface area contributed by atoms with Crippen LogP contribution in [0.25, 0.3) is 17.2 Å². The number of benzene rings is 1. The van der Waals surface area contributed by atoms with E-state index in [1.165, 1.54) is 15.8 Å². The molecular weight excluding hydrogens is 320 g/mol. The number of aromatic nitrogens is 2. The van der Waals surface area contributed by atoms with Crippen molar-refractivity contribution in [3.63, 3.8) is 0 Å². The van der Waals surface area contributed by atoms with Gasteiger partial charge in [0.05, 0.1) is 5.69 Å². The molecule has 0 atom stereocenters. The monoisotopic (exact) mass is 346 g/mol. The Morgan fingerprint density at radius 3 is 2.58 bits per heavy atom. The van der Waals surface area contributed by atoms with Gasteiger partial charge in [0, 0.05) is 18.2 Å². The zero-order chi connectivity index (χ0) is 19.3. The number of aryl methyl sites for hydroxylation is 3. The van der Waals surface area contributed by atoms with E-state index >= 15 is 0 Å². The summed E-state index contributed by atoms with van der Waals surface area (Å²) >= 11 is 0. The second kappa shape index (κ2) is 8.43. The van der Waals surface area contributed by atoms with Crippen molar-refractivity contribution < 1.29 is 0 Å². The van der Waals surface area contributed by atoms with Gasteiger partial charge in [-0.2, -0.15) is 5.10 Å². The third-order valence-corrected chi connectivity index (χ3v) is 4.22. The lowest BCUT2D eigenvalue weighted by Crippen LogP contribution is -2.23. The maximum absolute atomic E-state index is 12.6. The van der Waals surface area contributed by atoms with Gasteiger partial charge in [0.25, 0.3) is 5.56 Å². The first-order valence-electron chi connectivity index (χ1n) is 8.67. The van der Waals surface area contributed by atoms with Crippen LogP contribution in [0.5, 0.6) is 0 Å². The SMILES string of the molecule is C=C/C=C(\C=C/C)c1cc(/C(C)=C/c2ccc(C)cc2C)c(=O)n(C)n1. The Labute approximate surface area is 155 Å². The molecule has 26 heavy (non-hydrogen) atoms. The maximum atomic E-state index is 12.6. The van der Waals surface area contributed by atoms with E-state index in [9.17, 15) is 4.79 Å². The minimum absolute atomic E-state index is 0.106. The fraction of sp³-hybridized carbons (Fsp3) is 0.217. The van der Waals surface area contributed by atoms with E-state index in [0.717, 1.165) is 22.4 Å². The highest BCUT2D eigenvalue weighted by Crippen LogP contribution is 2.21. The molecule has 1 aromatic heterocycles. The molecule has 1 heterocycles. The Morgan fingerprint density at radius 2 is 1.96 bits per heavy atom. The van der Waals surface area contributed by atoms with E-state index in [1.54, 1.807) is 13.1 Å². The molecular formula is C23H26N2O. The van der Waals surface area contributed by atoms with Crippen molar-refractivity contribution in [1.29, 1.82) is 0 Å². The fourth-order valence-corrected chi connectivity index (χ4v) is 2.86. The van der Waals surface area contributed by atoms with Crippen molar-refractivity contribution in [3.05, 3.63) is 93.5 Å². The summed E-state index contributed by atoms with van der Waals surface area (Å²) in [4.78, 5) is 12.6.